The number of H-pyrrole nitrogens is 1. The lowest BCUT2D eigenvalue weighted by molar-refractivity contribution is 0.503. The maximum atomic E-state index is 6.15. The zero-order chi connectivity index (χ0) is 15.1. The van der Waals surface area contributed by atoms with E-state index in [1.54, 1.807) is 0 Å². The van der Waals surface area contributed by atoms with Gasteiger partial charge in [-0.05, 0) is 18.9 Å². The first-order valence-corrected chi connectivity index (χ1v) is 7.77. The molecule has 4 rings (SSSR count). The normalized spacial score (nSPS) is 19.2. The highest BCUT2D eigenvalue weighted by Gasteiger charge is 2.22. The molecule has 0 radical (unpaired) electrons. The van der Waals surface area contributed by atoms with Crippen LogP contribution in [0.15, 0.2) is 12.3 Å². The number of rotatable bonds is 2. The highest BCUT2D eigenvalue weighted by molar-refractivity contribution is 6.07. The maximum absolute atomic E-state index is 6.15. The quantitative estimate of drug-likeness (QED) is 0.742. The maximum Gasteiger partial charge on any atom is 0.188 e. The van der Waals surface area contributed by atoms with Crippen molar-refractivity contribution in [2.75, 3.05) is 18.0 Å². The van der Waals surface area contributed by atoms with E-state index in [-0.39, 0.29) is 6.04 Å². The average Bonchev–Trinajstić information content (AvgIpc) is 3.02. The molecule has 4 heterocycles. The minimum Gasteiger partial charge on any atom is -0.354 e. The van der Waals surface area contributed by atoms with E-state index in [1.165, 1.54) is 0 Å². The number of aromatic nitrogens is 5. The van der Waals surface area contributed by atoms with Crippen molar-refractivity contribution in [2.24, 2.45) is 5.73 Å². The van der Waals surface area contributed by atoms with Crippen LogP contribution in [0.1, 0.15) is 25.6 Å². The van der Waals surface area contributed by atoms with Gasteiger partial charge in [0.15, 0.2) is 11.3 Å². The minimum atomic E-state index is 0.195. The second kappa shape index (κ2) is 5.17. The number of hydrogen-bond donors (Lipinski definition) is 2. The largest absolute Gasteiger partial charge is 0.354 e. The van der Waals surface area contributed by atoms with Crippen LogP contribution in [-0.2, 0) is 6.42 Å². The standard InChI is InChI=1S/C15H19N7/c1-2-11-18-14-12(10-5-6-17-13(10)20-21-14)15(19-11)22-7-3-4-9(16)8-22/h5-6,9H,2-4,7-8,16H2,1H3,(H,17,20). The Kier molecular flexibility index (Phi) is 3.15. The molecule has 1 saturated heterocycles. The first-order valence-electron chi connectivity index (χ1n) is 7.77. The van der Waals surface area contributed by atoms with Crippen LogP contribution < -0.4 is 10.6 Å². The van der Waals surface area contributed by atoms with E-state index in [4.69, 9.17) is 10.7 Å². The van der Waals surface area contributed by atoms with E-state index in [0.717, 1.165) is 60.4 Å². The fourth-order valence-corrected chi connectivity index (χ4v) is 3.13. The van der Waals surface area contributed by atoms with Crippen LogP contribution in [0.5, 0.6) is 0 Å². The summed E-state index contributed by atoms with van der Waals surface area (Å²) in [5, 5.41) is 10.5. The summed E-state index contributed by atoms with van der Waals surface area (Å²) < 4.78 is 0. The summed E-state index contributed by atoms with van der Waals surface area (Å²) in [4.78, 5) is 14.7. The van der Waals surface area contributed by atoms with Gasteiger partial charge in [-0.15, -0.1) is 10.2 Å². The number of anilines is 1. The van der Waals surface area contributed by atoms with E-state index in [2.05, 4.69) is 32.0 Å². The Balaban J connectivity index is 1.98. The number of aromatic amines is 1. The van der Waals surface area contributed by atoms with Crippen LogP contribution in [0.2, 0.25) is 0 Å². The van der Waals surface area contributed by atoms with Gasteiger partial charge in [-0.25, -0.2) is 9.97 Å². The third kappa shape index (κ3) is 2.09. The lowest BCUT2D eigenvalue weighted by Gasteiger charge is -2.32. The van der Waals surface area contributed by atoms with Crippen LogP contribution in [0.3, 0.4) is 0 Å². The van der Waals surface area contributed by atoms with Crippen molar-refractivity contribution in [3.05, 3.63) is 18.1 Å². The van der Waals surface area contributed by atoms with Gasteiger partial charge < -0.3 is 15.6 Å². The predicted octanol–water partition coefficient (Wildman–Crippen LogP) is 1.39. The van der Waals surface area contributed by atoms with Crippen molar-refractivity contribution in [2.45, 2.75) is 32.2 Å². The molecule has 7 nitrogen and oxygen atoms in total. The molecule has 3 N–H and O–H groups in total. The molecule has 1 fully saturated rings. The first-order chi connectivity index (χ1) is 10.8. The number of fused-ring (bicyclic) bond motifs is 3. The van der Waals surface area contributed by atoms with Crippen LogP contribution in [-0.4, -0.2) is 44.3 Å². The Morgan fingerprint density at radius 1 is 1.36 bits per heavy atom. The molecule has 114 valence electrons. The number of nitrogens with one attached hydrogen (secondary N) is 1. The molecule has 0 bridgehead atoms. The second-order valence-corrected chi connectivity index (χ2v) is 5.80. The summed E-state index contributed by atoms with van der Waals surface area (Å²) in [6.45, 7) is 3.84. The van der Waals surface area contributed by atoms with Gasteiger partial charge in [-0.2, -0.15) is 0 Å². The Morgan fingerprint density at radius 2 is 2.27 bits per heavy atom. The Morgan fingerprint density at radius 3 is 3.09 bits per heavy atom. The Labute approximate surface area is 127 Å². The van der Waals surface area contributed by atoms with Crippen molar-refractivity contribution in [1.29, 1.82) is 0 Å². The van der Waals surface area contributed by atoms with Gasteiger partial charge >= 0.3 is 0 Å². The van der Waals surface area contributed by atoms with Gasteiger partial charge in [-0.1, -0.05) is 6.92 Å². The summed E-state index contributed by atoms with van der Waals surface area (Å²) in [6, 6.07) is 2.20. The van der Waals surface area contributed by atoms with Gasteiger partial charge in [0.25, 0.3) is 0 Å². The molecule has 1 aliphatic rings. The molecule has 0 aromatic carbocycles. The van der Waals surface area contributed by atoms with Crippen LogP contribution in [0, 0.1) is 0 Å². The third-order valence-electron chi connectivity index (χ3n) is 4.23. The number of piperidine rings is 1. The monoisotopic (exact) mass is 297 g/mol. The van der Waals surface area contributed by atoms with Crippen molar-refractivity contribution >= 4 is 27.9 Å². The van der Waals surface area contributed by atoms with Gasteiger partial charge in [0.1, 0.15) is 11.6 Å². The number of aryl methyl sites for hydroxylation is 1. The summed E-state index contributed by atoms with van der Waals surface area (Å²) in [6.07, 6.45) is 4.80. The topological polar surface area (TPSA) is 96.6 Å². The number of nitrogens with two attached hydrogens (primary N) is 1. The van der Waals surface area contributed by atoms with Gasteiger partial charge in [0.2, 0.25) is 0 Å². The molecule has 3 aromatic heterocycles. The highest BCUT2D eigenvalue weighted by atomic mass is 15.2. The summed E-state index contributed by atoms with van der Waals surface area (Å²) >= 11 is 0. The minimum absolute atomic E-state index is 0.195. The lowest BCUT2D eigenvalue weighted by atomic mass is 10.1. The summed E-state index contributed by atoms with van der Waals surface area (Å²) in [7, 11) is 0. The second-order valence-electron chi connectivity index (χ2n) is 5.80. The fraction of sp³-hybridized carbons (Fsp3) is 0.467. The molecular weight excluding hydrogens is 278 g/mol. The van der Waals surface area contributed by atoms with Crippen molar-refractivity contribution in [1.82, 2.24) is 25.1 Å². The molecule has 0 saturated carbocycles. The smallest absolute Gasteiger partial charge is 0.188 e. The summed E-state index contributed by atoms with van der Waals surface area (Å²) in [5.74, 6) is 1.74. The van der Waals surface area contributed by atoms with Crippen molar-refractivity contribution in [3.63, 3.8) is 0 Å². The molecule has 1 aliphatic heterocycles. The van der Waals surface area contributed by atoms with Gasteiger partial charge in [-0.3, -0.25) is 0 Å². The average molecular weight is 297 g/mol. The van der Waals surface area contributed by atoms with Crippen LogP contribution in [0.25, 0.3) is 22.1 Å². The summed E-state index contributed by atoms with van der Waals surface area (Å²) in [5.41, 5.74) is 7.58. The van der Waals surface area contributed by atoms with Crippen LogP contribution >= 0.6 is 0 Å². The zero-order valence-corrected chi connectivity index (χ0v) is 12.6. The van der Waals surface area contributed by atoms with E-state index in [0.29, 0.717) is 5.65 Å². The Hall–Kier alpha value is -2.28. The molecule has 1 unspecified atom stereocenters. The van der Waals surface area contributed by atoms with Gasteiger partial charge in [0.05, 0.1) is 5.39 Å². The molecular formula is C15H19N7. The van der Waals surface area contributed by atoms with E-state index < -0.39 is 0 Å². The SMILES string of the molecule is CCc1nc(N2CCCC(N)C2)c2c(nnc3[nH]ccc32)n1. The molecule has 0 spiro atoms. The van der Waals surface area contributed by atoms with Crippen LogP contribution in [0.4, 0.5) is 5.82 Å². The van der Waals surface area contributed by atoms with Crippen molar-refractivity contribution < 1.29 is 0 Å². The molecule has 7 heteroatoms. The number of nitrogens with zero attached hydrogens (tertiary/aromatic N) is 5. The molecule has 3 aromatic rings. The Bertz CT molecular complexity index is 825. The fourth-order valence-electron chi connectivity index (χ4n) is 3.13. The third-order valence-corrected chi connectivity index (χ3v) is 4.23. The van der Waals surface area contributed by atoms with E-state index in [9.17, 15) is 0 Å². The van der Waals surface area contributed by atoms with E-state index in [1.807, 2.05) is 12.3 Å². The van der Waals surface area contributed by atoms with Crippen molar-refractivity contribution in [3.8, 4) is 0 Å². The first kappa shape index (κ1) is 13.4. The highest BCUT2D eigenvalue weighted by Crippen LogP contribution is 2.30. The molecule has 0 amide bonds. The molecule has 1 atom stereocenters. The number of hydrogen-bond acceptors (Lipinski definition) is 6. The van der Waals surface area contributed by atoms with E-state index >= 15 is 0 Å². The van der Waals surface area contributed by atoms with Gasteiger partial charge in [0, 0.05) is 37.1 Å². The predicted molar refractivity (Wildman–Crippen MR) is 85.8 cm³/mol. The molecule has 0 aliphatic carbocycles. The molecule has 22 heavy (non-hydrogen) atoms. The lowest BCUT2D eigenvalue weighted by Crippen LogP contribution is -2.43. The zero-order valence-electron chi connectivity index (χ0n) is 12.6.